The third-order valence-corrected chi connectivity index (χ3v) is 5.17. The van der Waals surface area contributed by atoms with E-state index in [0.29, 0.717) is 18.0 Å². The summed E-state index contributed by atoms with van der Waals surface area (Å²) >= 11 is 0. The maximum Gasteiger partial charge on any atom is 0.243 e. The van der Waals surface area contributed by atoms with Gasteiger partial charge in [0.15, 0.2) is 0 Å². The van der Waals surface area contributed by atoms with Crippen LogP contribution in [0.2, 0.25) is 0 Å². The molecule has 1 N–H and O–H groups in total. The van der Waals surface area contributed by atoms with Crippen LogP contribution in [0.25, 0.3) is 0 Å². The van der Waals surface area contributed by atoms with Crippen molar-refractivity contribution >= 4 is 10.0 Å². The van der Waals surface area contributed by atoms with Crippen LogP contribution in [0, 0.1) is 13.8 Å². The van der Waals surface area contributed by atoms with Gasteiger partial charge in [0.05, 0.1) is 4.90 Å². The molecular formula is C14H22N2O2S. The van der Waals surface area contributed by atoms with Crippen molar-refractivity contribution in [1.29, 1.82) is 0 Å². The molecule has 1 aromatic rings. The van der Waals surface area contributed by atoms with E-state index in [4.69, 9.17) is 0 Å². The van der Waals surface area contributed by atoms with E-state index < -0.39 is 10.0 Å². The predicted octanol–water partition coefficient (Wildman–Crippen LogP) is 1.67. The van der Waals surface area contributed by atoms with E-state index in [2.05, 4.69) is 5.32 Å². The zero-order valence-electron chi connectivity index (χ0n) is 12.0. The Hall–Kier alpha value is -0.910. The van der Waals surface area contributed by atoms with Gasteiger partial charge in [-0.25, -0.2) is 8.42 Å². The highest BCUT2D eigenvalue weighted by atomic mass is 32.2. The van der Waals surface area contributed by atoms with Gasteiger partial charge in [0, 0.05) is 25.2 Å². The molecule has 5 heteroatoms. The van der Waals surface area contributed by atoms with Crippen LogP contribution in [0.4, 0.5) is 0 Å². The smallest absolute Gasteiger partial charge is 0.243 e. The number of sulfonamides is 1. The Labute approximate surface area is 115 Å². The second-order valence-electron chi connectivity index (χ2n) is 5.61. The summed E-state index contributed by atoms with van der Waals surface area (Å²) in [7, 11) is -3.38. The molecule has 2 unspecified atom stereocenters. The lowest BCUT2D eigenvalue weighted by molar-refractivity contribution is 0.263. The normalized spacial score (nSPS) is 25.5. The highest BCUT2D eigenvalue weighted by molar-refractivity contribution is 7.89. The first kappa shape index (κ1) is 14.5. The van der Waals surface area contributed by atoms with Gasteiger partial charge in [0.2, 0.25) is 10.0 Å². The van der Waals surface area contributed by atoms with E-state index in [1.54, 1.807) is 16.4 Å². The van der Waals surface area contributed by atoms with Gasteiger partial charge in [-0.3, -0.25) is 0 Å². The van der Waals surface area contributed by atoms with Crippen LogP contribution in [0.1, 0.15) is 25.0 Å². The maximum atomic E-state index is 12.7. The van der Waals surface area contributed by atoms with Gasteiger partial charge >= 0.3 is 0 Å². The molecule has 2 atom stereocenters. The van der Waals surface area contributed by atoms with Gasteiger partial charge in [0.1, 0.15) is 0 Å². The number of hydrogen-bond acceptors (Lipinski definition) is 3. The van der Waals surface area contributed by atoms with Gasteiger partial charge in [-0.05, 0) is 51.0 Å². The molecule has 0 amide bonds. The SMILES string of the molecule is Cc1cc(C)cc(S(=O)(=O)N2CC(C)NC(C)C2)c1. The molecule has 0 radical (unpaired) electrons. The lowest BCUT2D eigenvalue weighted by Gasteiger charge is -2.35. The average molecular weight is 282 g/mol. The van der Waals surface area contributed by atoms with E-state index >= 15 is 0 Å². The Kier molecular flexibility index (Phi) is 3.99. The van der Waals surface area contributed by atoms with Crippen molar-refractivity contribution in [1.82, 2.24) is 9.62 Å². The second kappa shape index (κ2) is 5.23. The lowest BCUT2D eigenvalue weighted by atomic mass is 10.2. The minimum absolute atomic E-state index is 0.185. The van der Waals surface area contributed by atoms with Crippen LogP contribution in [-0.2, 0) is 10.0 Å². The van der Waals surface area contributed by atoms with Gasteiger partial charge < -0.3 is 5.32 Å². The second-order valence-corrected chi connectivity index (χ2v) is 7.55. The molecule has 1 heterocycles. The number of nitrogens with one attached hydrogen (secondary N) is 1. The van der Waals surface area contributed by atoms with Gasteiger partial charge in [-0.15, -0.1) is 0 Å². The predicted molar refractivity (Wildman–Crippen MR) is 76.7 cm³/mol. The number of piperazine rings is 1. The lowest BCUT2D eigenvalue weighted by Crippen LogP contribution is -2.55. The fraction of sp³-hybridized carbons (Fsp3) is 0.571. The van der Waals surface area contributed by atoms with Crippen LogP contribution >= 0.6 is 0 Å². The summed E-state index contributed by atoms with van der Waals surface area (Å²) in [5.41, 5.74) is 1.96. The highest BCUT2D eigenvalue weighted by Crippen LogP contribution is 2.21. The molecule has 1 aromatic carbocycles. The van der Waals surface area contributed by atoms with Crippen LogP contribution < -0.4 is 5.32 Å². The molecule has 106 valence electrons. The third kappa shape index (κ3) is 3.16. The standard InChI is InChI=1S/C14H22N2O2S/c1-10-5-11(2)7-14(6-10)19(17,18)16-8-12(3)15-13(4)9-16/h5-7,12-13,15H,8-9H2,1-4H3. The molecule has 1 aliphatic heterocycles. The molecule has 2 rings (SSSR count). The van der Waals surface area contributed by atoms with Crippen LogP contribution in [0.5, 0.6) is 0 Å². The van der Waals surface area contributed by atoms with Crippen molar-refractivity contribution in [2.75, 3.05) is 13.1 Å². The number of nitrogens with zero attached hydrogens (tertiary/aromatic N) is 1. The Morgan fingerprint density at radius 1 is 1.05 bits per heavy atom. The zero-order valence-corrected chi connectivity index (χ0v) is 12.8. The summed E-state index contributed by atoms with van der Waals surface area (Å²) in [6, 6.07) is 5.86. The van der Waals surface area contributed by atoms with Crippen molar-refractivity contribution in [2.24, 2.45) is 0 Å². The molecular weight excluding hydrogens is 260 g/mol. The first-order valence-corrected chi connectivity index (χ1v) is 8.07. The fourth-order valence-corrected chi connectivity index (χ4v) is 4.51. The van der Waals surface area contributed by atoms with Crippen molar-refractivity contribution in [2.45, 2.75) is 44.7 Å². The van der Waals surface area contributed by atoms with Gasteiger partial charge in [-0.1, -0.05) is 6.07 Å². The van der Waals surface area contributed by atoms with Gasteiger partial charge in [0.25, 0.3) is 0 Å². The van der Waals surface area contributed by atoms with E-state index in [-0.39, 0.29) is 12.1 Å². The Balaban J connectivity index is 2.36. The van der Waals surface area contributed by atoms with Gasteiger partial charge in [-0.2, -0.15) is 4.31 Å². The molecule has 0 aliphatic carbocycles. The molecule has 19 heavy (non-hydrogen) atoms. The number of aryl methyl sites for hydroxylation is 2. The minimum Gasteiger partial charge on any atom is -0.309 e. The van der Waals surface area contributed by atoms with E-state index in [9.17, 15) is 8.42 Å². The van der Waals surface area contributed by atoms with Crippen LogP contribution in [0.15, 0.2) is 23.1 Å². The van der Waals surface area contributed by atoms with E-state index in [0.717, 1.165) is 11.1 Å². The van der Waals surface area contributed by atoms with Crippen molar-refractivity contribution in [3.05, 3.63) is 29.3 Å². The van der Waals surface area contributed by atoms with E-state index in [1.807, 2.05) is 33.8 Å². The van der Waals surface area contributed by atoms with E-state index in [1.165, 1.54) is 0 Å². The summed E-state index contributed by atoms with van der Waals surface area (Å²) in [5.74, 6) is 0. The Morgan fingerprint density at radius 3 is 2.00 bits per heavy atom. The topological polar surface area (TPSA) is 49.4 Å². The molecule has 1 aliphatic rings. The first-order valence-electron chi connectivity index (χ1n) is 6.63. The quantitative estimate of drug-likeness (QED) is 0.898. The van der Waals surface area contributed by atoms with Crippen molar-refractivity contribution < 1.29 is 8.42 Å². The molecule has 1 saturated heterocycles. The summed E-state index contributed by atoms with van der Waals surface area (Å²) in [6.07, 6.45) is 0. The minimum atomic E-state index is -3.38. The largest absolute Gasteiger partial charge is 0.309 e. The third-order valence-electron chi connectivity index (χ3n) is 3.36. The summed E-state index contributed by atoms with van der Waals surface area (Å²) in [5, 5.41) is 3.35. The average Bonchev–Trinajstić information content (AvgIpc) is 2.26. The zero-order chi connectivity index (χ0) is 14.2. The molecule has 4 nitrogen and oxygen atoms in total. The Bertz CT molecular complexity index is 539. The molecule has 0 spiro atoms. The summed E-state index contributed by atoms with van der Waals surface area (Å²) < 4.78 is 27.0. The Morgan fingerprint density at radius 2 is 1.53 bits per heavy atom. The number of rotatable bonds is 2. The summed E-state index contributed by atoms with van der Waals surface area (Å²) in [6.45, 7) is 8.93. The highest BCUT2D eigenvalue weighted by Gasteiger charge is 2.31. The first-order chi connectivity index (χ1) is 8.79. The molecule has 1 fully saturated rings. The van der Waals surface area contributed by atoms with Crippen LogP contribution in [0.3, 0.4) is 0 Å². The van der Waals surface area contributed by atoms with Crippen molar-refractivity contribution in [3.8, 4) is 0 Å². The number of hydrogen-bond donors (Lipinski definition) is 1. The van der Waals surface area contributed by atoms with Crippen molar-refractivity contribution in [3.63, 3.8) is 0 Å². The van der Waals surface area contributed by atoms with Crippen LogP contribution in [-0.4, -0.2) is 37.9 Å². The monoisotopic (exact) mass is 282 g/mol. The summed E-state index contributed by atoms with van der Waals surface area (Å²) in [4.78, 5) is 0.409. The maximum absolute atomic E-state index is 12.7. The number of benzene rings is 1. The molecule has 0 saturated carbocycles. The molecule has 0 bridgehead atoms. The fourth-order valence-electron chi connectivity index (χ4n) is 2.70. The molecule has 0 aromatic heterocycles.